The number of fused-ring (bicyclic) bond motifs is 10. The van der Waals surface area contributed by atoms with E-state index in [1.54, 1.807) is 11.8 Å². The topological polar surface area (TPSA) is 247 Å². The van der Waals surface area contributed by atoms with Crippen LogP contribution in [0.3, 0.4) is 0 Å². The molecule has 2 aromatic carbocycles. The fourth-order valence-corrected chi connectivity index (χ4v) is 10.6. The van der Waals surface area contributed by atoms with Crippen molar-refractivity contribution < 1.29 is 53.1 Å². The summed E-state index contributed by atoms with van der Waals surface area (Å²) in [6.07, 6.45) is 2.65. The maximum Gasteiger partial charge on any atom is 0.338 e. The molecule has 3 aliphatic heterocycles. The first-order valence-corrected chi connectivity index (χ1v) is 27.6. The van der Waals surface area contributed by atoms with E-state index in [1.807, 2.05) is 93.6 Å². The maximum absolute atomic E-state index is 13.4. The van der Waals surface area contributed by atoms with E-state index in [0.29, 0.717) is 81.7 Å². The SMILES string of the molecule is C=Cc1c(C)c2cc3nc(c(CC(=O)O)c4nc(cc5[nH]c(cc1[nH]2)c(C)c5CC)C(C)=C4C(=O)O)[C@@H](CCC(=O)NCCOCCOCCOCCOCCC(=O)NCCC(=O)N1Cc2ccccc2C#Cc2ccccc21)[C@@H]3C. The average Bonchev–Trinajstić information content (AvgIpc) is 4.17. The largest absolute Gasteiger partial charge is 0.481 e. The molecule has 2 atom stereocenters. The third-order valence-corrected chi connectivity index (χ3v) is 14.9. The number of carboxylic acid groups (broad SMARTS) is 2. The fraction of sp³-hybridized carbons (Fsp3) is 0.381. The number of carbonyl (C=O) groups excluding carboxylic acids is 3. The lowest BCUT2D eigenvalue weighted by molar-refractivity contribution is -0.136. The van der Waals surface area contributed by atoms with E-state index in [2.05, 4.69) is 45.9 Å². The summed E-state index contributed by atoms with van der Waals surface area (Å²) in [5, 5.41) is 26.7. The van der Waals surface area contributed by atoms with Gasteiger partial charge in [-0.3, -0.25) is 24.2 Å². The lowest BCUT2D eigenvalue weighted by Gasteiger charge is -2.26. The highest BCUT2D eigenvalue weighted by atomic mass is 16.6. The first-order valence-electron chi connectivity index (χ1n) is 27.6. The minimum absolute atomic E-state index is 0.0517. The smallest absolute Gasteiger partial charge is 0.338 e. The summed E-state index contributed by atoms with van der Waals surface area (Å²) in [6.45, 7) is 17.1. The molecule has 3 aromatic heterocycles. The molecule has 18 heteroatoms. The van der Waals surface area contributed by atoms with Crippen LogP contribution >= 0.6 is 0 Å². The van der Waals surface area contributed by atoms with E-state index in [-0.39, 0.29) is 86.0 Å². The number of aryl methyl sites for hydroxylation is 3. The Morgan fingerprint density at radius 2 is 1.36 bits per heavy atom. The Morgan fingerprint density at radius 3 is 2.06 bits per heavy atom. The molecular weight excluding hydrogens is 1030 g/mol. The standard InChI is InChI=1S/C63H71N7O11/c1-7-45-38(3)49-34-51-40(5)47(61(68-51)48(33-59(74)75)62-60(63(76)77)41(6)52(69-62)36-54-46(8-2)39(4)50(67-54)35-53(45)66-49)19-20-56(71)65-24-26-79-28-30-81-32-31-80-29-27-78-25-22-57(72)64-23-21-58(73)70-37-44-15-10-9-13-42(44)17-18-43-14-11-12-16-55(43)70/h7,9-16,34-36,40,47,66-67H,1,8,19-33,37H2,2-6H3,(H,64,72)(H,65,71)(H,74,75)(H,76,77)/t40-,47-/m0/s1. The third-order valence-electron chi connectivity index (χ3n) is 14.9. The lowest BCUT2D eigenvalue weighted by Crippen LogP contribution is -2.35. The second-order valence-corrected chi connectivity index (χ2v) is 20.1. The maximum atomic E-state index is 13.4. The number of benzene rings is 2. The van der Waals surface area contributed by atoms with Crippen LogP contribution in [-0.4, -0.2) is 126 Å². The van der Waals surface area contributed by atoms with Crippen LogP contribution in [0.2, 0.25) is 0 Å². The van der Waals surface area contributed by atoms with E-state index >= 15 is 0 Å². The second-order valence-electron chi connectivity index (χ2n) is 20.1. The van der Waals surface area contributed by atoms with Gasteiger partial charge in [0.25, 0.3) is 0 Å². The molecule has 0 fully saturated rings. The summed E-state index contributed by atoms with van der Waals surface area (Å²) in [6, 6.07) is 21.2. The average molecular weight is 1100 g/mol. The monoisotopic (exact) mass is 1100 g/mol. The molecule has 0 aliphatic carbocycles. The molecule has 3 aliphatic rings. The van der Waals surface area contributed by atoms with Gasteiger partial charge in [-0.1, -0.05) is 68.7 Å². The van der Waals surface area contributed by atoms with Crippen molar-refractivity contribution in [3.05, 3.63) is 141 Å². The van der Waals surface area contributed by atoms with E-state index in [9.17, 15) is 34.2 Å². The van der Waals surface area contributed by atoms with Gasteiger partial charge in [0.15, 0.2) is 0 Å². The van der Waals surface area contributed by atoms with Crippen molar-refractivity contribution in [1.82, 2.24) is 30.6 Å². The number of anilines is 1. The van der Waals surface area contributed by atoms with Gasteiger partial charge < -0.3 is 54.7 Å². The Hall–Kier alpha value is -8.21. The molecule has 8 bridgehead atoms. The van der Waals surface area contributed by atoms with Crippen molar-refractivity contribution in [2.75, 3.05) is 70.8 Å². The van der Waals surface area contributed by atoms with Crippen LogP contribution in [0.1, 0.15) is 126 Å². The number of aromatic nitrogens is 4. The van der Waals surface area contributed by atoms with Crippen LogP contribution in [0.25, 0.3) is 39.3 Å². The van der Waals surface area contributed by atoms with E-state index < -0.39 is 24.3 Å². The van der Waals surface area contributed by atoms with E-state index in [0.717, 1.165) is 66.7 Å². The molecule has 424 valence electrons. The molecular formula is C63H71N7O11. The van der Waals surface area contributed by atoms with E-state index in [1.165, 1.54) is 0 Å². The van der Waals surface area contributed by atoms with Crippen molar-refractivity contribution in [1.29, 1.82) is 0 Å². The Morgan fingerprint density at radius 1 is 0.728 bits per heavy atom. The number of H-pyrrole nitrogens is 2. The first kappa shape index (κ1) is 58.9. The minimum Gasteiger partial charge on any atom is -0.481 e. The van der Waals surface area contributed by atoms with E-state index in [4.69, 9.17) is 28.9 Å². The summed E-state index contributed by atoms with van der Waals surface area (Å²) >= 11 is 0. The highest BCUT2D eigenvalue weighted by Gasteiger charge is 2.36. The zero-order chi connectivity index (χ0) is 57.6. The van der Waals surface area contributed by atoms with Crippen LogP contribution < -0.4 is 15.5 Å². The number of nitrogens with zero attached hydrogens (tertiary/aromatic N) is 3. The van der Waals surface area contributed by atoms with Crippen LogP contribution in [0.4, 0.5) is 5.69 Å². The predicted molar refractivity (Wildman–Crippen MR) is 310 cm³/mol. The van der Waals surface area contributed by atoms with Gasteiger partial charge in [-0.05, 0) is 97.8 Å². The quantitative estimate of drug-likeness (QED) is 0.0225. The molecule has 6 N–H and O–H groups in total. The number of hydrogen-bond donors (Lipinski definition) is 6. The number of carbonyl (C=O) groups is 5. The zero-order valence-corrected chi connectivity index (χ0v) is 46.7. The van der Waals surface area contributed by atoms with Crippen LogP contribution in [0.5, 0.6) is 0 Å². The van der Waals surface area contributed by atoms with Crippen LogP contribution in [0, 0.1) is 25.7 Å². The number of aromatic amines is 2. The number of amides is 3. The third kappa shape index (κ3) is 14.4. The van der Waals surface area contributed by atoms with Gasteiger partial charge in [-0.25, -0.2) is 9.78 Å². The number of aliphatic carboxylic acids is 2. The van der Waals surface area contributed by atoms with Crippen LogP contribution in [-0.2, 0) is 62.3 Å². The van der Waals surface area contributed by atoms with Gasteiger partial charge in [-0.15, -0.1) is 0 Å². The molecule has 8 rings (SSSR count). The number of hydrogen-bond acceptors (Lipinski definition) is 11. The van der Waals surface area contributed by atoms with Crippen molar-refractivity contribution >= 4 is 74.6 Å². The molecule has 0 saturated heterocycles. The van der Waals surface area contributed by atoms with Crippen molar-refractivity contribution in [2.45, 2.75) is 91.5 Å². The fourth-order valence-electron chi connectivity index (χ4n) is 10.6. The van der Waals surface area contributed by atoms with Gasteiger partial charge in [0.05, 0.1) is 94.2 Å². The van der Waals surface area contributed by atoms with Crippen molar-refractivity contribution in [2.24, 2.45) is 0 Å². The number of carboxylic acids is 2. The van der Waals surface area contributed by atoms with Crippen molar-refractivity contribution in [3.8, 4) is 11.8 Å². The number of rotatable bonds is 26. The molecule has 6 heterocycles. The summed E-state index contributed by atoms with van der Waals surface area (Å²) in [5.41, 5.74) is 12.6. The molecule has 0 unspecified atom stereocenters. The Labute approximate surface area is 471 Å². The normalized spacial score (nSPS) is 14.5. The molecule has 18 nitrogen and oxygen atoms in total. The summed E-state index contributed by atoms with van der Waals surface area (Å²) in [5.74, 6) is 2.72. The molecule has 0 spiro atoms. The zero-order valence-electron chi connectivity index (χ0n) is 46.7. The molecule has 3 amide bonds. The van der Waals surface area contributed by atoms with Crippen LogP contribution in [0.15, 0.2) is 73.3 Å². The van der Waals surface area contributed by atoms with Gasteiger partial charge in [0.2, 0.25) is 17.7 Å². The summed E-state index contributed by atoms with van der Waals surface area (Å²) < 4.78 is 22.5. The lowest BCUT2D eigenvalue weighted by atomic mass is 9.84. The number of allylic oxidation sites excluding steroid dienone is 1. The molecule has 5 aromatic rings. The van der Waals surface area contributed by atoms with Gasteiger partial charge in [-0.2, -0.15) is 0 Å². The van der Waals surface area contributed by atoms with Gasteiger partial charge in [0.1, 0.15) is 0 Å². The Bertz CT molecular complexity index is 3470. The number of ether oxygens (including phenoxy) is 4. The second kappa shape index (κ2) is 27.8. The Kier molecular flexibility index (Phi) is 20.2. The highest BCUT2D eigenvalue weighted by molar-refractivity contribution is 6.24. The van der Waals surface area contributed by atoms with Gasteiger partial charge >= 0.3 is 11.9 Å². The van der Waals surface area contributed by atoms with Gasteiger partial charge in [0, 0.05) is 94.2 Å². The van der Waals surface area contributed by atoms with Crippen molar-refractivity contribution in [3.63, 3.8) is 0 Å². The highest BCUT2D eigenvalue weighted by Crippen LogP contribution is 2.44. The number of para-hydroxylation sites is 1. The predicted octanol–water partition coefficient (Wildman–Crippen LogP) is 8.47. The molecule has 0 saturated carbocycles. The summed E-state index contributed by atoms with van der Waals surface area (Å²) in [7, 11) is 0. The summed E-state index contributed by atoms with van der Waals surface area (Å²) in [4.78, 5) is 83.8. The molecule has 0 radical (unpaired) electrons. The Balaban J connectivity index is 0.760. The number of nitrogens with one attached hydrogen (secondary N) is 4. The first-order chi connectivity index (χ1) is 39.2. The molecule has 81 heavy (non-hydrogen) atoms. The minimum atomic E-state index is -1.23.